The lowest BCUT2D eigenvalue weighted by atomic mass is 10.1. The van der Waals surface area contributed by atoms with Crippen LogP contribution in [0.2, 0.25) is 5.02 Å². The van der Waals surface area contributed by atoms with E-state index in [1.54, 1.807) is 30.3 Å². The van der Waals surface area contributed by atoms with Gasteiger partial charge in [-0.2, -0.15) is 0 Å². The van der Waals surface area contributed by atoms with Crippen LogP contribution in [0.15, 0.2) is 66.3 Å². The predicted molar refractivity (Wildman–Crippen MR) is 133 cm³/mol. The Morgan fingerprint density at radius 2 is 1.91 bits per heavy atom. The van der Waals surface area contributed by atoms with Crippen LogP contribution in [0, 0.1) is 0 Å². The molecule has 172 valence electrons. The Morgan fingerprint density at radius 1 is 1.18 bits per heavy atom. The number of benzene rings is 2. The molecule has 1 aromatic heterocycles. The SMILES string of the molecule is C=CCn1c(SCC(=O)Nc2ccccc2CC)nnc1[C@@H](C)NC(=O)c1ccccc1Cl. The van der Waals surface area contributed by atoms with E-state index < -0.39 is 6.04 Å². The zero-order valence-electron chi connectivity index (χ0n) is 18.5. The minimum absolute atomic E-state index is 0.129. The van der Waals surface area contributed by atoms with Crippen LogP contribution in [0.25, 0.3) is 0 Å². The molecule has 9 heteroatoms. The molecule has 2 amide bonds. The maximum atomic E-state index is 12.6. The van der Waals surface area contributed by atoms with Gasteiger partial charge >= 0.3 is 0 Å². The smallest absolute Gasteiger partial charge is 0.253 e. The molecule has 0 radical (unpaired) electrons. The molecule has 7 nitrogen and oxygen atoms in total. The lowest BCUT2D eigenvalue weighted by Crippen LogP contribution is -2.29. The molecule has 3 aromatic rings. The fourth-order valence-electron chi connectivity index (χ4n) is 3.28. The molecule has 0 aliphatic carbocycles. The average Bonchev–Trinajstić information content (AvgIpc) is 3.21. The van der Waals surface area contributed by atoms with E-state index in [2.05, 4.69) is 27.4 Å². The number of halogens is 1. The number of aromatic nitrogens is 3. The molecule has 0 unspecified atom stereocenters. The van der Waals surface area contributed by atoms with E-state index >= 15 is 0 Å². The Balaban J connectivity index is 1.68. The van der Waals surface area contributed by atoms with Gasteiger partial charge in [-0.15, -0.1) is 16.8 Å². The van der Waals surface area contributed by atoms with Crippen LogP contribution in [0.5, 0.6) is 0 Å². The molecule has 0 aliphatic heterocycles. The highest BCUT2D eigenvalue weighted by Gasteiger charge is 2.21. The molecule has 2 N–H and O–H groups in total. The monoisotopic (exact) mass is 483 g/mol. The Bertz CT molecular complexity index is 1150. The second-order valence-corrected chi connectivity index (χ2v) is 8.61. The number of amides is 2. The van der Waals surface area contributed by atoms with E-state index in [9.17, 15) is 9.59 Å². The second kappa shape index (κ2) is 11.7. The molecule has 33 heavy (non-hydrogen) atoms. The van der Waals surface area contributed by atoms with Gasteiger partial charge in [-0.05, 0) is 37.1 Å². The molecule has 2 aromatic carbocycles. The normalized spacial score (nSPS) is 11.6. The minimum Gasteiger partial charge on any atom is -0.342 e. The topological polar surface area (TPSA) is 88.9 Å². The third-order valence-electron chi connectivity index (χ3n) is 4.92. The number of nitrogens with zero attached hydrogens (tertiary/aromatic N) is 3. The van der Waals surface area contributed by atoms with Crippen molar-refractivity contribution in [3.63, 3.8) is 0 Å². The van der Waals surface area contributed by atoms with Crippen molar-refractivity contribution >= 4 is 40.9 Å². The number of thioether (sulfide) groups is 1. The number of rotatable bonds is 10. The number of carbonyl (C=O) groups is 2. The quantitative estimate of drug-likeness (QED) is 0.316. The van der Waals surface area contributed by atoms with E-state index in [0.717, 1.165) is 17.7 Å². The zero-order chi connectivity index (χ0) is 23.8. The number of hydrogen-bond acceptors (Lipinski definition) is 5. The van der Waals surface area contributed by atoms with Crippen molar-refractivity contribution in [2.75, 3.05) is 11.1 Å². The predicted octanol–water partition coefficient (Wildman–Crippen LogP) is 4.90. The van der Waals surface area contributed by atoms with Crippen LogP contribution in [-0.2, 0) is 17.8 Å². The van der Waals surface area contributed by atoms with Gasteiger partial charge in [0.25, 0.3) is 5.91 Å². The number of anilines is 1. The summed E-state index contributed by atoms with van der Waals surface area (Å²) < 4.78 is 1.84. The van der Waals surface area contributed by atoms with Crippen molar-refractivity contribution in [1.29, 1.82) is 0 Å². The molecular formula is C24H26ClN5O2S. The van der Waals surface area contributed by atoms with Gasteiger partial charge in [0.15, 0.2) is 11.0 Å². The number of hydrogen-bond donors (Lipinski definition) is 2. The van der Waals surface area contributed by atoms with Crippen LogP contribution in [0.3, 0.4) is 0 Å². The van der Waals surface area contributed by atoms with Gasteiger partial charge in [-0.1, -0.05) is 66.7 Å². The Kier molecular flexibility index (Phi) is 8.68. The summed E-state index contributed by atoms with van der Waals surface area (Å²) in [7, 11) is 0. The summed E-state index contributed by atoms with van der Waals surface area (Å²) in [4.78, 5) is 25.2. The third-order valence-corrected chi connectivity index (χ3v) is 6.21. The first-order chi connectivity index (χ1) is 15.9. The molecule has 3 rings (SSSR count). The molecule has 0 spiro atoms. The van der Waals surface area contributed by atoms with Gasteiger partial charge in [-0.3, -0.25) is 9.59 Å². The summed E-state index contributed by atoms with van der Waals surface area (Å²) in [5.41, 5.74) is 2.28. The number of carbonyl (C=O) groups excluding carboxylic acids is 2. The lowest BCUT2D eigenvalue weighted by Gasteiger charge is -2.16. The van der Waals surface area contributed by atoms with E-state index in [1.165, 1.54) is 11.8 Å². The maximum absolute atomic E-state index is 12.6. The van der Waals surface area contributed by atoms with E-state index in [1.807, 2.05) is 42.7 Å². The fraction of sp³-hybridized carbons (Fsp3) is 0.250. The second-order valence-electron chi connectivity index (χ2n) is 7.26. The summed E-state index contributed by atoms with van der Waals surface area (Å²) in [6.07, 6.45) is 2.55. The highest BCUT2D eigenvalue weighted by molar-refractivity contribution is 7.99. The van der Waals surface area contributed by atoms with Crippen molar-refractivity contribution < 1.29 is 9.59 Å². The molecule has 0 bridgehead atoms. The average molecular weight is 484 g/mol. The van der Waals surface area contributed by atoms with Crippen molar-refractivity contribution in [1.82, 2.24) is 20.1 Å². The van der Waals surface area contributed by atoms with Crippen molar-refractivity contribution in [3.8, 4) is 0 Å². The first-order valence-corrected chi connectivity index (χ1v) is 11.9. The van der Waals surface area contributed by atoms with Crippen LogP contribution in [0.1, 0.15) is 41.6 Å². The molecular weight excluding hydrogens is 458 g/mol. The van der Waals surface area contributed by atoms with Crippen molar-refractivity contribution in [3.05, 3.63) is 83.2 Å². The summed E-state index contributed by atoms with van der Waals surface area (Å²) in [6, 6.07) is 14.2. The van der Waals surface area contributed by atoms with Gasteiger partial charge < -0.3 is 15.2 Å². The number of para-hydroxylation sites is 1. The molecule has 0 saturated heterocycles. The zero-order valence-corrected chi connectivity index (χ0v) is 20.1. The minimum atomic E-state index is -0.430. The van der Waals surface area contributed by atoms with E-state index in [0.29, 0.717) is 28.1 Å². The summed E-state index contributed by atoms with van der Waals surface area (Å²) in [5, 5.41) is 15.3. The van der Waals surface area contributed by atoms with Gasteiger partial charge in [0.05, 0.1) is 22.4 Å². The first-order valence-electron chi connectivity index (χ1n) is 10.5. The van der Waals surface area contributed by atoms with Crippen LogP contribution >= 0.6 is 23.4 Å². The standard InChI is InChI=1S/C24H26ClN5O2S/c1-4-14-30-22(16(3)26-23(32)18-11-7-8-12-19(18)25)28-29-24(30)33-15-21(31)27-20-13-9-6-10-17(20)5-2/h4,6-13,16H,1,5,14-15H2,2-3H3,(H,26,32)(H,27,31)/t16-/m1/s1. The van der Waals surface area contributed by atoms with E-state index in [-0.39, 0.29) is 17.6 Å². The molecule has 1 heterocycles. The van der Waals surface area contributed by atoms with Gasteiger partial charge in [0, 0.05) is 12.2 Å². The van der Waals surface area contributed by atoms with Crippen molar-refractivity contribution in [2.45, 2.75) is 38.0 Å². The fourth-order valence-corrected chi connectivity index (χ4v) is 4.26. The number of aryl methyl sites for hydroxylation is 1. The highest BCUT2D eigenvalue weighted by Crippen LogP contribution is 2.23. The summed E-state index contributed by atoms with van der Waals surface area (Å²) in [6.45, 7) is 8.11. The van der Waals surface area contributed by atoms with Crippen LogP contribution in [-0.4, -0.2) is 32.3 Å². The molecule has 1 atom stereocenters. The van der Waals surface area contributed by atoms with Crippen LogP contribution in [0.4, 0.5) is 5.69 Å². The van der Waals surface area contributed by atoms with Crippen molar-refractivity contribution in [2.24, 2.45) is 0 Å². The Labute approximate surface area is 202 Å². The largest absolute Gasteiger partial charge is 0.342 e. The van der Waals surface area contributed by atoms with Crippen LogP contribution < -0.4 is 10.6 Å². The molecule has 0 aliphatic rings. The summed E-state index contributed by atoms with van der Waals surface area (Å²) >= 11 is 7.41. The summed E-state index contributed by atoms with van der Waals surface area (Å²) in [5.74, 6) is 0.308. The number of allylic oxidation sites excluding steroid dienone is 1. The van der Waals surface area contributed by atoms with Gasteiger partial charge in [-0.25, -0.2) is 0 Å². The Hall–Kier alpha value is -3.10. The lowest BCUT2D eigenvalue weighted by molar-refractivity contribution is -0.113. The third kappa shape index (κ3) is 6.24. The molecule has 0 fully saturated rings. The number of nitrogens with one attached hydrogen (secondary N) is 2. The van der Waals surface area contributed by atoms with Gasteiger partial charge in [0.1, 0.15) is 0 Å². The van der Waals surface area contributed by atoms with E-state index in [4.69, 9.17) is 11.6 Å². The highest BCUT2D eigenvalue weighted by atomic mass is 35.5. The maximum Gasteiger partial charge on any atom is 0.253 e. The molecule has 0 saturated carbocycles. The first kappa shape index (κ1) is 24.5. The van der Waals surface area contributed by atoms with Gasteiger partial charge in [0.2, 0.25) is 5.91 Å². The Morgan fingerprint density at radius 3 is 2.64 bits per heavy atom.